The van der Waals surface area contributed by atoms with Crippen molar-refractivity contribution in [2.45, 2.75) is 27.2 Å². The van der Waals surface area contributed by atoms with Gasteiger partial charge in [0, 0.05) is 12.4 Å². The maximum absolute atomic E-state index is 5.73. The molecule has 0 aliphatic carbocycles. The largest absolute Gasteiger partial charge is 0.303 e. The van der Waals surface area contributed by atoms with Crippen molar-refractivity contribution in [1.29, 1.82) is 0 Å². The molecule has 0 spiro atoms. The molecule has 68 valence electrons. The van der Waals surface area contributed by atoms with Gasteiger partial charge in [0.2, 0.25) is 0 Å². The molecule has 0 saturated carbocycles. The molecule has 0 amide bonds. The Morgan fingerprint density at radius 3 is 2.36 bits per heavy atom. The lowest BCUT2D eigenvalue weighted by Crippen LogP contribution is -2.29. The molecule has 0 aliphatic heterocycles. The van der Waals surface area contributed by atoms with Gasteiger partial charge in [0.1, 0.15) is 0 Å². The van der Waals surface area contributed by atoms with E-state index in [9.17, 15) is 0 Å². The number of rotatable bonds is 6. The lowest BCUT2D eigenvalue weighted by atomic mass is 10.2. The van der Waals surface area contributed by atoms with Gasteiger partial charge in [-0.3, -0.25) is 0 Å². The second-order valence-corrected chi connectivity index (χ2v) is 3.46. The van der Waals surface area contributed by atoms with Crippen LogP contribution in [-0.2, 0) is 0 Å². The Kier molecular flexibility index (Phi) is 7.09. The van der Waals surface area contributed by atoms with Crippen LogP contribution in [0.25, 0.3) is 0 Å². The Labute approximate surface area is 75.7 Å². The smallest absolute Gasteiger partial charge is 0.0261 e. The highest BCUT2D eigenvalue weighted by atomic mass is 35.5. The molecule has 1 nitrogen and oxygen atoms in total. The van der Waals surface area contributed by atoms with Crippen molar-refractivity contribution in [3.63, 3.8) is 0 Å². The fraction of sp³-hybridized carbons (Fsp3) is 1.00. The van der Waals surface area contributed by atoms with E-state index in [0.29, 0.717) is 5.92 Å². The summed E-state index contributed by atoms with van der Waals surface area (Å²) in [7, 11) is 0. The summed E-state index contributed by atoms with van der Waals surface area (Å²) >= 11 is 5.73. The third-order valence-electron chi connectivity index (χ3n) is 1.82. The topological polar surface area (TPSA) is 3.24 Å². The molecular weight excluding hydrogens is 158 g/mol. The van der Waals surface area contributed by atoms with Gasteiger partial charge < -0.3 is 4.90 Å². The number of halogens is 1. The molecule has 1 unspecified atom stereocenters. The minimum absolute atomic E-state index is 0.628. The van der Waals surface area contributed by atoms with Gasteiger partial charge in [-0.2, -0.15) is 0 Å². The Balaban J connectivity index is 3.49. The number of alkyl halides is 1. The predicted octanol–water partition coefficient (Wildman–Crippen LogP) is 2.59. The van der Waals surface area contributed by atoms with Crippen molar-refractivity contribution in [2.75, 3.05) is 25.5 Å². The van der Waals surface area contributed by atoms with Crippen LogP contribution < -0.4 is 0 Å². The van der Waals surface area contributed by atoms with Crippen LogP contribution in [0.4, 0.5) is 0 Å². The zero-order valence-corrected chi connectivity index (χ0v) is 8.69. The first kappa shape index (κ1) is 11.2. The standard InChI is InChI=1S/C9H20ClN/c1-4-6-11(5-2)8-9(3)7-10/h9H,4-8H2,1-3H3. The molecule has 2 heteroatoms. The van der Waals surface area contributed by atoms with E-state index in [4.69, 9.17) is 11.6 Å². The van der Waals surface area contributed by atoms with Crippen LogP contribution in [0.2, 0.25) is 0 Å². The minimum Gasteiger partial charge on any atom is -0.303 e. The van der Waals surface area contributed by atoms with Crippen LogP contribution in [0.15, 0.2) is 0 Å². The van der Waals surface area contributed by atoms with E-state index in [0.717, 1.165) is 19.0 Å². The summed E-state index contributed by atoms with van der Waals surface area (Å²) in [5, 5.41) is 0. The van der Waals surface area contributed by atoms with E-state index in [1.165, 1.54) is 13.0 Å². The fourth-order valence-corrected chi connectivity index (χ4v) is 1.28. The maximum Gasteiger partial charge on any atom is 0.0261 e. The van der Waals surface area contributed by atoms with E-state index in [2.05, 4.69) is 25.7 Å². The van der Waals surface area contributed by atoms with Crippen LogP contribution in [0.5, 0.6) is 0 Å². The van der Waals surface area contributed by atoms with Gasteiger partial charge in [0.05, 0.1) is 0 Å². The van der Waals surface area contributed by atoms with Crippen molar-refractivity contribution < 1.29 is 0 Å². The molecule has 0 N–H and O–H groups in total. The first-order valence-corrected chi connectivity index (χ1v) is 5.06. The summed E-state index contributed by atoms with van der Waals surface area (Å²) in [5.74, 6) is 1.41. The van der Waals surface area contributed by atoms with E-state index >= 15 is 0 Å². The average Bonchev–Trinajstić information content (AvgIpc) is 2.03. The predicted molar refractivity (Wildman–Crippen MR) is 52.3 cm³/mol. The summed E-state index contributed by atoms with van der Waals surface area (Å²) in [6, 6.07) is 0. The third kappa shape index (κ3) is 5.51. The van der Waals surface area contributed by atoms with Crippen LogP contribution in [0.3, 0.4) is 0 Å². The third-order valence-corrected chi connectivity index (χ3v) is 2.35. The lowest BCUT2D eigenvalue weighted by Gasteiger charge is -2.22. The molecule has 0 radical (unpaired) electrons. The highest BCUT2D eigenvalue weighted by Gasteiger charge is 2.05. The quantitative estimate of drug-likeness (QED) is 0.564. The van der Waals surface area contributed by atoms with Gasteiger partial charge in [-0.05, 0) is 25.4 Å². The summed E-state index contributed by atoms with van der Waals surface area (Å²) < 4.78 is 0. The summed E-state index contributed by atoms with van der Waals surface area (Å²) in [4.78, 5) is 2.45. The molecule has 0 heterocycles. The van der Waals surface area contributed by atoms with Crippen molar-refractivity contribution >= 4 is 11.6 Å². The van der Waals surface area contributed by atoms with Crippen molar-refractivity contribution in [1.82, 2.24) is 4.90 Å². The van der Waals surface area contributed by atoms with Gasteiger partial charge in [-0.25, -0.2) is 0 Å². The number of nitrogens with zero attached hydrogens (tertiary/aromatic N) is 1. The monoisotopic (exact) mass is 177 g/mol. The van der Waals surface area contributed by atoms with Crippen LogP contribution in [0.1, 0.15) is 27.2 Å². The van der Waals surface area contributed by atoms with Crippen molar-refractivity contribution in [3.05, 3.63) is 0 Å². The Morgan fingerprint density at radius 1 is 1.36 bits per heavy atom. The Bertz CT molecular complexity index is 85.6. The molecule has 0 aromatic heterocycles. The van der Waals surface area contributed by atoms with Gasteiger partial charge in [-0.1, -0.05) is 20.8 Å². The molecule has 0 bridgehead atoms. The molecule has 0 aromatic rings. The molecule has 11 heavy (non-hydrogen) atoms. The SMILES string of the molecule is CCCN(CC)CC(C)CCl. The van der Waals surface area contributed by atoms with E-state index in [1.807, 2.05) is 0 Å². The van der Waals surface area contributed by atoms with Gasteiger partial charge >= 0.3 is 0 Å². The molecule has 1 atom stereocenters. The molecular formula is C9H20ClN. The molecule has 0 rings (SSSR count). The van der Waals surface area contributed by atoms with E-state index < -0.39 is 0 Å². The van der Waals surface area contributed by atoms with Crippen LogP contribution >= 0.6 is 11.6 Å². The van der Waals surface area contributed by atoms with Crippen molar-refractivity contribution in [3.8, 4) is 0 Å². The van der Waals surface area contributed by atoms with Crippen LogP contribution in [-0.4, -0.2) is 30.4 Å². The molecule has 0 saturated heterocycles. The second-order valence-electron chi connectivity index (χ2n) is 3.15. The second kappa shape index (κ2) is 6.93. The van der Waals surface area contributed by atoms with Gasteiger partial charge in [0.25, 0.3) is 0 Å². The first-order chi connectivity index (χ1) is 5.24. The first-order valence-electron chi connectivity index (χ1n) is 4.52. The minimum atomic E-state index is 0.628. The number of hydrogen-bond acceptors (Lipinski definition) is 1. The Morgan fingerprint density at radius 2 is 2.00 bits per heavy atom. The van der Waals surface area contributed by atoms with Crippen LogP contribution in [0, 0.1) is 5.92 Å². The zero-order valence-electron chi connectivity index (χ0n) is 7.94. The van der Waals surface area contributed by atoms with E-state index in [1.54, 1.807) is 0 Å². The highest BCUT2D eigenvalue weighted by Crippen LogP contribution is 2.02. The van der Waals surface area contributed by atoms with Gasteiger partial charge in [0.15, 0.2) is 0 Å². The Hall–Kier alpha value is 0.250. The van der Waals surface area contributed by atoms with Crippen molar-refractivity contribution in [2.24, 2.45) is 5.92 Å². The lowest BCUT2D eigenvalue weighted by molar-refractivity contribution is 0.258. The summed E-state index contributed by atoms with van der Waals surface area (Å²) in [6.07, 6.45) is 1.24. The fourth-order valence-electron chi connectivity index (χ4n) is 1.18. The number of hydrogen-bond donors (Lipinski definition) is 0. The van der Waals surface area contributed by atoms with E-state index in [-0.39, 0.29) is 0 Å². The summed E-state index contributed by atoms with van der Waals surface area (Å²) in [5.41, 5.74) is 0. The zero-order chi connectivity index (χ0) is 8.69. The highest BCUT2D eigenvalue weighted by molar-refractivity contribution is 6.18. The molecule has 0 fully saturated rings. The summed E-state index contributed by atoms with van der Waals surface area (Å²) in [6.45, 7) is 10.1. The maximum atomic E-state index is 5.73. The molecule has 0 aromatic carbocycles. The molecule has 0 aliphatic rings. The average molecular weight is 178 g/mol. The normalized spacial score (nSPS) is 13.9. The van der Waals surface area contributed by atoms with Gasteiger partial charge in [-0.15, -0.1) is 11.6 Å².